The van der Waals surface area contributed by atoms with Crippen LogP contribution < -0.4 is 15.0 Å². The second kappa shape index (κ2) is 6.49. The van der Waals surface area contributed by atoms with E-state index in [1.54, 1.807) is 19.0 Å². The summed E-state index contributed by atoms with van der Waals surface area (Å²) in [5, 5.41) is 3.94. The molecule has 0 radical (unpaired) electrons. The highest BCUT2D eigenvalue weighted by Crippen LogP contribution is 2.49. The summed E-state index contributed by atoms with van der Waals surface area (Å²) >= 11 is 9.23. The number of amides is 1. The van der Waals surface area contributed by atoms with E-state index in [1.807, 2.05) is 60.4 Å². The third-order valence-electron chi connectivity index (χ3n) is 5.18. The number of thiocarbonyl (C=S) groups is 1. The first-order valence-corrected chi connectivity index (χ1v) is 9.88. The Balaban J connectivity index is 1.92. The van der Waals surface area contributed by atoms with Crippen LogP contribution in [0.5, 0.6) is 5.75 Å². The van der Waals surface area contributed by atoms with Crippen molar-refractivity contribution in [1.29, 1.82) is 0 Å². The van der Waals surface area contributed by atoms with Crippen LogP contribution in [0.4, 0.5) is 5.69 Å². The lowest BCUT2D eigenvalue weighted by molar-refractivity contribution is -0.144. The van der Waals surface area contributed by atoms with Gasteiger partial charge in [0.05, 0.1) is 6.04 Å². The molecule has 1 saturated heterocycles. The van der Waals surface area contributed by atoms with Crippen molar-refractivity contribution in [3.8, 4) is 5.75 Å². The lowest BCUT2D eigenvalue weighted by Crippen LogP contribution is -2.72. The van der Waals surface area contributed by atoms with Crippen molar-refractivity contribution in [2.45, 2.75) is 18.7 Å². The van der Waals surface area contributed by atoms with Gasteiger partial charge in [-0.05, 0) is 43.4 Å². The third kappa shape index (κ3) is 2.80. The van der Waals surface area contributed by atoms with Crippen LogP contribution >= 0.6 is 28.1 Å². The molecule has 0 saturated carbocycles. The van der Waals surface area contributed by atoms with Gasteiger partial charge in [-0.3, -0.25) is 9.69 Å². The maximum Gasteiger partial charge on any atom is 0.233 e. The predicted molar refractivity (Wildman–Crippen MR) is 113 cm³/mol. The minimum atomic E-state index is -0.955. The van der Waals surface area contributed by atoms with Crippen LogP contribution in [0.2, 0.25) is 0 Å². The highest BCUT2D eigenvalue weighted by atomic mass is 79.9. The quantitative estimate of drug-likeness (QED) is 0.713. The molecule has 140 valence electrons. The number of ether oxygens (including phenoxy) is 1. The zero-order valence-corrected chi connectivity index (χ0v) is 17.7. The first-order valence-electron chi connectivity index (χ1n) is 8.68. The van der Waals surface area contributed by atoms with E-state index in [0.29, 0.717) is 5.11 Å². The molecule has 27 heavy (non-hydrogen) atoms. The molecule has 2 aromatic carbocycles. The number of hydrogen-bond acceptors (Lipinski definition) is 3. The molecule has 5 nitrogen and oxygen atoms in total. The molecule has 2 aliphatic heterocycles. The van der Waals surface area contributed by atoms with Crippen molar-refractivity contribution >= 4 is 44.9 Å². The number of carbonyl (C=O) groups excluding carboxylic acids is 1. The molecule has 7 heteroatoms. The number of benzene rings is 2. The Hall–Kier alpha value is -2.12. The molecule has 2 aromatic rings. The van der Waals surface area contributed by atoms with Crippen LogP contribution in [0.3, 0.4) is 0 Å². The maximum atomic E-state index is 13.2. The zero-order chi connectivity index (χ0) is 19.3. The van der Waals surface area contributed by atoms with Gasteiger partial charge in [0.1, 0.15) is 11.7 Å². The van der Waals surface area contributed by atoms with Gasteiger partial charge in [0.2, 0.25) is 5.91 Å². The Kier molecular flexibility index (Phi) is 4.39. The Morgan fingerprint density at radius 2 is 2.00 bits per heavy atom. The number of nitrogens with one attached hydrogen (secondary N) is 1. The summed E-state index contributed by atoms with van der Waals surface area (Å²) in [7, 11) is 3.54. The Morgan fingerprint density at radius 1 is 1.26 bits per heavy atom. The SMILES string of the molecule is CN(C)C(=O)[C@@H]1[C@H]2NC(=S)N(c3cccc(Br)c3)[C@@]1(C)Oc1ccccc12. The van der Waals surface area contributed by atoms with Gasteiger partial charge >= 0.3 is 0 Å². The van der Waals surface area contributed by atoms with Crippen molar-refractivity contribution < 1.29 is 9.53 Å². The van der Waals surface area contributed by atoms with E-state index in [4.69, 9.17) is 17.0 Å². The number of para-hydroxylation sites is 1. The molecular weight excluding hydrogens is 426 g/mol. The maximum absolute atomic E-state index is 13.2. The standard InChI is InChI=1S/C20H20BrN3O2S/c1-20-16(18(25)23(2)3)17(14-9-4-5-10-15(14)26-20)22-19(27)24(20)13-8-6-7-12(21)11-13/h4-11,16-17H,1-3H3,(H,22,27)/t16-,17-,20-/m0/s1. The van der Waals surface area contributed by atoms with Gasteiger partial charge in [0, 0.05) is 29.8 Å². The number of halogens is 1. The lowest BCUT2D eigenvalue weighted by Gasteiger charge is -2.56. The second-order valence-corrected chi connectivity index (χ2v) is 8.45. The van der Waals surface area contributed by atoms with Crippen molar-refractivity contribution in [3.63, 3.8) is 0 Å². The molecule has 2 bridgehead atoms. The fourth-order valence-corrected chi connectivity index (χ4v) is 4.79. The molecule has 2 aliphatic rings. The molecule has 0 spiro atoms. The largest absolute Gasteiger partial charge is 0.467 e. The second-order valence-electron chi connectivity index (χ2n) is 7.15. The molecule has 1 fully saturated rings. The summed E-state index contributed by atoms with van der Waals surface area (Å²) in [4.78, 5) is 16.7. The number of nitrogens with zero attached hydrogens (tertiary/aromatic N) is 2. The van der Waals surface area contributed by atoms with Gasteiger partial charge in [0.25, 0.3) is 0 Å². The van der Waals surface area contributed by atoms with E-state index in [0.717, 1.165) is 21.5 Å². The number of carbonyl (C=O) groups is 1. The number of anilines is 1. The summed E-state index contributed by atoms with van der Waals surface area (Å²) in [5.74, 6) is 0.294. The number of hydrogen-bond donors (Lipinski definition) is 1. The van der Waals surface area contributed by atoms with Gasteiger partial charge in [-0.1, -0.05) is 40.2 Å². The molecule has 4 rings (SSSR count). The smallest absolute Gasteiger partial charge is 0.233 e. The highest BCUT2D eigenvalue weighted by Gasteiger charge is 2.59. The Morgan fingerprint density at radius 3 is 2.70 bits per heavy atom. The Labute approximate surface area is 172 Å². The summed E-state index contributed by atoms with van der Waals surface area (Å²) < 4.78 is 7.42. The van der Waals surface area contributed by atoms with E-state index < -0.39 is 11.6 Å². The van der Waals surface area contributed by atoms with E-state index in [-0.39, 0.29) is 11.9 Å². The minimum Gasteiger partial charge on any atom is -0.467 e. The Bertz CT molecular complexity index is 935. The molecular formula is C20H20BrN3O2S. The van der Waals surface area contributed by atoms with Crippen LogP contribution in [0.1, 0.15) is 18.5 Å². The van der Waals surface area contributed by atoms with Crippen molar-refractivity contribution in [1.82, 2.24) is 10.2 Å². The van der Waals surface area contributed by atoms with E-state index >= 15 is 0 Å². The topological polar surface area (TPSA) is 44.8 Å². The van der Waals surface area contributed by atoms with Crippen LogP contribution in [0, 0.1) is 5.92 Å². The monoisotopic (exact) mass is 445 g/mol. The predicted octanol–water partition coefficient (Wildman–Crippen LogP) is 3.70. The molecule has 2 heterocycles. The first kappa shape index (κ1) is 18.3. The van der Waals surface area contributed by atoms with Gasteiger partial charge in [-0.2, -0.15) is 0 Å². The fourth-order valence-electron chi connectivity index (χ4n) is 3.99. The minimum absolute atomic E-state index is 0.00741. The third-order valence-corrected chi connectivity index (χ3v) is 5.97. The van der Waals surface area contributed by atoms with Crippen molar-refractivity contribution in [3.05, 3.63) is 58.6 Å². The van der Waals surface area contributed by atoms with Crippen LogP contribution in [-0.4, -0.2) is 35.7 Å². The average Bonchev–Trinajstić information content (AvgIpc) is 2.60. The van der Waals surface area contributed by atoms with Gasteiger partial charge in [0.15, 0.2) is 10.8 Å². The van der Waals surface area contributed by atoms with Crippen LogP contribution in [0.25, 0.3) is 0 Å². The molecule has 1 amide bonds. The summed E-state index contributed by atoms with van der Waals surface area (Å²) in [6.45, 7) is 1.94. The van der Waals surface area contributed by atoms with Crippen LogP contribution in [0.15, 0.2) is 53.0 Å². The van der Waals surface area contributed by atoms with E-state index in [9.17, 15) is 4.79 Å². The van der Waals surface area contributed by atoms with Gasteiger partial charge in [-0.25, -0.2) is 0 Å². The fraction of sp³-hybridized carbons (Fsp3) is 0.300. The van der Waals surface area contributed by atoms with Crippen molar-refractivity contribution in [2.24, 2.45) is 5.92 Å². The van der Waals surface area contributed by atoms with Crippen molar-refractivity contribution in [2.75, 3.05) is 19.0 Å². The van der Waals surface area contributed by atoms with Gasteiger partial charge < -0.3 is 15.0 Å². The molecule has 0 unspecified atom stereocenters. The summed E-state index contributed by atoms with van der Waals surface area (Å²) in [6, 6.07) is 15.4. The molecule has 3 atom stereocenters. The number of fused-ring (bicyclic) bond motifs is 4. The highest BCUT2D eigenvalue weighted by molar-refractivity contribution is 9.10. The van der Waals surface area contributed by atoms with Gasteiger partial charge in [-0.15, -0.1) is 0 Å². The molecule has 1 N–H and O–H groups in total. The summed E-state index contributed by atoms with van der Waals surface area (Å²) in [6.07, 6.45) is 0. The number of rotatable bonds is 2. The molecule has 0 aromatic heterocycles. The van der Waals surface area contributed by atoms with Crippen LogP contribution in [-0.2, 0) is 4.79 Å². The first-order chi connectivity index (χ1) is 12.8. The normalized spacial score (nSPS) is 25.9. The lowest BCUT2D eigenvalue weighted by atomic mass is 9.78. The average molecular weight is 446 g/mol. The zero-order valence-electron chi connectivity index (χ0n) is 15.3. The molecule has 0 aliphatic carbocycles. The van der Waals surface area contributed by atoms with E-state index in [1.165, 1.54) is 0 Å². The van der Waals surface area contributed by atoms with E-state index in [2.05, 4.69) is 21.2 Å². The summed E-state index contributed by atoms with van der Waals surface area (Å²) in [5.41, 5.74) is 0.855.